The molecule has 1 N–H and O–H groups in total. The number of halogens is 1. The Morgan fingerprint density at radius 3 is 2.56 bits per heavy atom. The van der Waals surface area contributed by atoms with Crippen LogP contribution in [0.5, 0.6) is 0 Å². The lowest BCUT2D eigenvalue weighted by Gasteiger charge is -2.40. The first kappa shape index (κ1) is 24.4. The van der Waals surface area contributed by atoms with Gasteiger partial charge in [0.1, 0.15) is 11.4 Å². The summed E-state index contributed by atoms with van der Waals surface area (Å²) in [6, 6.07) is 13.9. The molecule has 2 fully saturated rings. The molecule has 3 heterocycles. The monoisotopic (exact) mass is 509 g/mol. The van der Waals surface area contributed by atoms with Gasteiger partial charge >= 0.3 is 6.09 Å². The standard InChI is InChI=1S/C27H32ClN5O3/c1-27(2,3)36-26(35)33-16-18(17-33)25(34)32-12-6-11-31(13-14-32)19-9-10-21(28)20(15-19)24-29-22-7-4-5-8-23(22)30-24/h4-5,7-10,15,18H,6,11-14,16-17H2,1-3H3,(H,29,30). The average molecular weight is 510 g/mol. The maximum absolute atomic E-state index is 13.1. The van der Waals surface area contributed by atoms with Crippen molar-refractivity contribution in [2.75, 3.05) is 44.2 Å². The van der Waals surface area contributed by atoms with Crippen molar-refractivity contribution in [1.82, 2.24) is 19.8 Å². The van der Waals surface area contributed by atoms with E-state index in [0.29, 0.717) is 31.2 Å². The van der Waals surface area contributed by atoms with Gasteiger partial charge in [0, 0.05) is 50.5 Å². The minimum Gasteiger partial charge on any atom is -0.444 e. The Morgan fingerprint density at radius 1 is 1.03 bits per heavy atom. The highest BCUT2D eigenvalue weighted by molar-refractivity contribution is 6.33. The summed E-state index contributed by atoms with van der Waals surface area (Å²) >= 11 is 6.55. The average Bonchev–Trinajstić information content (AvgIpc) is 3.06. The lowest BCUT2D eigenvalue weighted by atomic mass is 9.99. The Labute approximate surface area is 216 Å². The predicted molar refractivity (Wildman–Crippen MR) is 141 cm³/mol. The van der Waals surface area contributed by atoms with E-state index in [9.17, 15) is 9.59 Å². The van der Waals surface area contributed by atoms with E-state index >= 15 is 0 Å². The highest BCUT2D eigenvalue weighted by Gasteiger charge is 2.40. The molecule has 2 amide bonds. The van der Waals surface area contributed by atoms with Gasteiger partial charge in [-0.2, -0.15) is 0 Å². The number of imidazole rings is 1. The number of ether oxygens (including phenoxy) is 1. The molecule has 36 heavy (non-hydrogen) atoms. The second-order valence-electron chi connectivity index (χ2n) is 10.5. The number of nitrogens with zero attached hydrogens (tertiary/aromatic N) is 4. The number of hydrogen-bond donors (Lipinski definition) is 1. The van der Waals surface area contributed by atoms with Gasteiger partial charge in [-0.25, -0.2) is 9.78 Å². The van der Waals surface area contributed by atoms with E-state index in [4.69, 9.17) is 21.3 Å². The summed E-state index contributed by atoms with van der Waals surface area (Å²) in [6.07, 6.45) is 0.521. The van der Waals surface area contributed by atoms with Crippen LogP contribution < -0.4 is 4.90 Å². The number of aromatic amines is 1. The zero-order valence-electron chi connectivity index (χ0n) is 21.0. The molecule has 0 atom stereocenters. The molecule has 190 valence electrons. The molecule has 2 saturated heterocycles. The van der Waals surface area contributed by atoms with E-state index in [2.05, 4.69) is 16.0 Å². The van der Waals surface area contributed by atoms with Crippen LogP contribution in [0.3, 0.4) is 0 Å². The molecule has 0 radical (unpaired) electrons. The molecule has 5 rings (SSSR count). The molecule has 2 aliphatic heterocycles. The lowest BCUT2D eigenvalue weighted by Crippen LogP contribution is -2.57. The van der Waals surface area contributed by atoms with Crippen molar-refractivity contribution < 1.29 is 14.3 Å². The van der Waals surface area contributed by atoms with Crippen LogP contribution in [0, 0.1) is 5.92 Å². The number of amides is 2. The fourth-order valence-corrected chi connectivity index (χ4v) is 4.94. The third-order valence-electron chi connectivity index (χ3n) is 6.65. The fourth-order valence-electron chi connectivity index (χ4n) is 4.74. The van der Waals surface area contributed by atoms with Gasteiger partial charge in [0.2, 0.25) is 5.91 Å². The predicted octanol–water partition coefficient (Wildman–Crippen LogP) is 4.79. The topological polar surface area (TPSA) is 81.8 Å². The number of aromatic nitrogens is 2. The van der Waals surface area contributed by atoms with Crippen molar-refractivity contribution in [3.63, 3.8) is 0 Å². The summed E-state index contributed by atoms with van der Waals surface area (Å²) in [7, 11) is 0. The fraction of sp³-hybridized carbons (Fsp3) is 0.444. The third kappa shape index (κ3) is 5.14. The van der Waals surface area contributed by atoms with Crippen LogP contribution in [0.2, 0.25) is 5.02 Å². The second kappa shape index (κ2) is 9.65. The molecule has 0 spiro atoms. The van der Waals surface area contributed by atoms with E-state index in [1.54, 1.807) is 4.90 Å². The minimum atomic E-state index is -0.535. The Morgan fingerprint density at radius 2 is 1.81 bits per heavy atom. The summed E-state index contributed by atoms with van der Waals surface area (Å²) in [5, 5.41) is 0.643. The summed E-state index contributed by atoms with van der Waals surface area (Å²) in [4.78, 5) is 39.2. The molecule has 9 heteroatoms. The normalized spacial score (nSPS) is 17.2. The smallest absolute Gasteiger partial charge is 0.410 e. The lowest BCUT2D eigenvalue weighted by molar-refractivity contribution is -0.140. The molecular weight excluding hydrogens is 478 g/mol. The molecule has 0 bridgehead atoms. The van der Waals surface area contributed by atoms with Crippen molar-refractivity contribution in [3.8, 4) is 11.4 Å². The summed E-state index contributed by atoms with van der Waals surface area (Å²) in [5.74, 6) is 0.712. The van der Waals surface area contributed by atoms with Gasteiger partial charge in [-0.05, 0) is 57.5 Å². The Balaban J connectivity index is 1.22. The molecular formula is C27H32ClN5O3. The van der Waals surface area contributed by atoms with Gasteiger partial charge in [-0.1, -0.05) is 23.7 Å². The zero-order chi connectivity index (χ0) is 25.4. The van der Waals surface area contributed by atoms with Crippen molar-refractivity contribution in [2.24, 2.45) is 5.92 Å². The van der Waals surface area contributed by atoms with Crippen LogP contribution in [0.4, 0.5) is 10.5 Å². The summed E-state index contributed by atoms with van der Waals surface area (Å²) < 4.78 is 5.40. The van der Waals surface area contributed by atoms with Gasteiger partial charge in [0.05, 0.1) is 22.0 Å². The van der Waals surface area contributed by atoms with Crippen LogP contribution >= 0.6 is 11.6 Å². The Kier molecular flexibility index (Phi) is 6.55. The zero-order valence-corrected chi connectivity index (χ0v) is 21.7. The van der Waals surface area contributed by atoms with E-state index in [1.807, 2.05) is 62.1 Å². The van der Waals surface area contributed by atoms with E-state index in [-0.39, 0.29) is 17.9 Å². The number of rotatable bonds is 3. The van der Waals surface area contributed by atoms with Crippen molar-refractivity contribution >= 4 is 40.3 Å². The molecule has 1 aromatic heterocycles. The number of anilines is 1. The van der Waals surface area contributed by atoms with E-state index in [1.165, 1.54) is 0 Å². The number of carbonyl (C=O) groups is 2. The number of benzene rings is 2. The first-order valence-corrected chi connectivity index (χ1v) is 12.8. The SMILES string of the molecule is CC(C)(C)OC(=O)N1CC(C(=O)N2CCCN(c3ccc(Cl)c(-c4nc5ccccc5[nH]4)c3)CC2)C1. The number of para-hydroxylation sites is 2. The second-order valence-corrected chi connectivity index (χ2v) is 10.9. The number of hydrogen-bond acceptors (Lipinski definition) is 5. The summed E-state index contributed by atoms with van der Waals surface area (Å²) in [6.45, 7) is 9.31. The van der Waals surface area contributed by atoms with Crippen LogP contribution in [-0.4, -0.2) is 76.6 Å². The molecule has 8 nitrogen and oxygen atoms in total. The molecule has 3 aromatic rings. The molecule has 0 unspecified atom stereocenters. The number of fused-ring (bicyclic) bond motifs is 1. The quantitative estimate of drug-likeness (QED) is 0.549. The van der Waals surface area contributed by atoms with Crippen LogP contribution in [0.1, 0.15) is 27.2 Å². The largest absolute Gasteiger partial charge is 0.444 e. The number of likely N-dealkylation sites (tertiary alicyclic amines) is 1. The molecule has 2 aliphatic rings. The number of nitrogens with one attached hydrogen (secondary N) is 1. The van der Waals surface area contributed by atoms with Gasteiger partial charge < -0.3 is 24.4 Å². The molecule has 0 saturated carbocycles. The maximum Gasteiger partial charge on any atom is 0.410 e. The highest BCUT2D eigenvalue weighted by Crippen LogP contribution is 2.32. The number of H-pyrrole nitrogens is 1. The molecule has 2 aromatic carbocycles. The minimum absolute atomic E-state index is 0.121. The van der Waals surface area contributed by atoms with E-state index < -0.39 is 5.60 Å². The highest BCUT2D eigenvalue weighted by atomic mass is 35.5. The first-order chi connectivity index (χ1) is 17.2. The summed E-state index contributed by atoms with van der Waals surface area (Å²) in [5.41, 5.74) is 3.26. The van der Waals surface area contributed by atoms with Crippen molar-refractivity contribution in [3.05, 3.63) is 47.5 Å². The van der Waals surface area contributed by atoms with Crippen molar-refractivity contribution in [1.29, 1.82) is 0 Å². The van der Waals surface area contributed by atoms with Crippen molar-refractivity contribution in [2.45, 2.75) is 32.8 Å². The van der Waals surface area contributed by atoms with Gasteiger partial charge in [-0.3, -0.25) is 4.79 Å². The van der Waals surface area contributed by atoms with Crippen LogP contribution in [0.25, 0.3) is 22.4 Å². The molecule has 0 aliphatic carbocycles. The number of carbonyl (C=O) groups excluding carboxylic acids is 2. The maximum atomic E-state index is 13.1. The van der Waals surface area contributed by atoms with Crippen LogP contribution in [-0.2, 0) is 9.53 Å². The Hall–Kier alpha value is -3.26. The Bertz CT molecular complexity index is 1240. The van der Waals surface area contributed by atoms with Crippen LogP contribution in [0.15, 0.2) is 42.5 Å². The van der Waals surface area contributed by atoms with Gasteiger partial charge in [0.25, 0.3) is 0 Å². The van der Waals surface area contributed by atoms with Gasteiger partial charge in [-0.15, -0.1) is 0 Å². The first-order valence-electron chi connectivity index (χ1n) is 12.4. The van der Waals surface area contributed by atoms with Gasteiger partial charge in [0.15, 0.2) is 0 Å². The third-order valence-corrected chi connectivity index (χ3v) is 6.98. The van der Waals surface area contributed by atoms with E-state index in [0.717, 1.165) is 47.6 Å².